The minimum atomic E-state index is -3.33. The molecule has 8 heteroatoms. The van der Waals surface area contributed by atoms with Crippen LogP contribution in [0.4, 0.5) is 0 Å². The molecule has 1 aliphatic heterocycles. The van der Waals surface area contributed by atoms with Crippen molar-refractivity contribution >= 4 is 15.9 Å². The Kier molecular flexibility index (Phi) is 7.42. The Morgan fingerprint density at radius 2 is 2.00 bits per heavy atom. The van der Waals surface area contributed by atoms with Gasteiger partial charge in [-0.1, -0.05) is 0 Å². The highest BCUT2D eigenvalue weighted by Crippen LogP contribution is 2.19. The number of hydrogen-bond acceptors (Lipinski definition) is 5. The second-order valence-corrected chi connectivity index (χ2v) is 6.88. The third kappa shape index (κ3) is 5.35. The van der Waals surface area contributed by atoms with Crippen LogP contribution in [0.3, 0.4) is 0 Å². The Morgan fingerprint density at radius 1 is 1.30 bits per heavy atom. The number of rotatable bonds is 8. The van der Waals surface area contributed by atoms with Crippen LogP contribution in [0.5, 0.6) is 0 Å². The van der Waals surface area contributed by atoms with E-state index in [-0.39, 0.29) is 30.7 Å². The van der Waals surface area contributed by atoms with Crippen LogP contribution in [0.25, 0.3) is 0 Å². The summed E-state index contributed by atoms with van der Waals surface area (Å²) in [5.74, 6) is -0.423. The van der Waals surface area contributed by atoms with E-state index in [1.807, 2.05) is 0 Å². The smallest absolute Gasteiger partial charge is 0.224 e. The fourth-order valence-electron chi connectivity index (χ4n) is 2.15. The average Bonchev–Trinajstić information content (AvgIpc) is 2.45. The van der Waals surface area contributed by atoms with Crippen molar-refractivity contribution in [3.63, 3.8) is 0 Å². The van der Waals surface area contributed by atoms with Crippen molar-refractivity contribution in [2.24, 2.45) is 5.92 Å². The van der Waals surface area contributed by atoms with Crippen molar-refractivity contribution < 1.29 is 22.7 Å². The van der Waals surface area contributed by atoms with Crippen molar-refractivity contribution in [3.05, 3.63) is 0 Å². The van der Waals surface area contributed by atoms with Crippen molar-refractivity contribution in [1.29, 1.82) is 0 Å². The summed E-state index contributed by atoms with van der Waals surface area (Å²) >= 11 is 0. The van der Waals surface area contributed by atoms with E-state index in [0.29, 0.717) is 26.1 Å². The molecular weight excluding hydrogens is 284 g/mol. The van der Waals surface area contributed by atoms with Gasteiger partial charge in [0.15, 0.2) is 0 Å². The molecule has 1 unspecified atom stereocenters. The summed E-state index contributed by atoms with van der Waals surface area (Å²) in [6, 6.07) is 0. The molecular formula is C12H24N2O5S. The normalized spacial score (nSPS) is 20.8. The SMILES string of the molecule is COCCNC(=O)C1CCCN(S(=O)(=O)CCOC)C1. The van der Waals surface area contributed by atoms with Crippen LogP contribution in [0.1, 0.15) is 12.8 Å². The largest absolute Gasteiger partial charge is 0.384 e. The Balaban J connectivity index is 2.51. The van der Waals surface area contributed by atoms with Gasteiger partial charge >= 0.3 is 0 Å². The number of sulfonamides is 1. The van der Waals surface area contributed by atoms with Gasteiger partial charge in [0.25, 0.3) is 0 Å². The molecule has 1 aliphatic rings. The number of nitrogens with one attached hydrogen (secondary N) is 1. The fraction of sp³-hybridized carbons (Fsp3) is 0.917. The maximum Gasteiger partial charge on any atom is 0.224 e. The predicted octanol–water partition coefficient (Wildman–Crippen LogP) is -0.563. The van der Waals surface area contributed by atoms with Crippen LogP contribution < -0.4 is 5.32 Å². The third-order valence-electron chi connectivity index (χ3n) is 3.30. The van der Waals surface area contributed by atoms with E-state index >= 15 is 0 Å². The third-order valence-corrected chi connectivity index (χ3v) is 5.10. The van der Waals surface area contributed by atoms with Gasteiger partial charge in [-0.15, -0.1) is 0 Å². The van der Waals surface area contributed by atoms with Crippen molar-refractivity contribution in [2.45, 2.75) is 12.8 Å². The molecule has 1 rings (SSSR count). The molecule has 0 aromatic heterocycles. The molecule has 0 saturated carbocycles. The van der Waals surface area contributed by atoms with Crippen LogP contribution in [0.2, 0.25) is 0 Å². The van der Waals surface area contributed by atoms with Gasteiger partial charge in [-0.3, -0.25) is 4.79 Å². The second-order valence-electron chi connectivity index (χ2n) is 4.79. The summed E-state index contributed by atoms with van der Waals surface area (Å²) in [4.78, 5) is 11.9. The van der Waals surface area contributed by atoms with Crippen molar-refractivity contribution in [3.8, 4) is 0 Å². The predicted molar refractivity (Wildman–Crippen MR) is 74.8 cm³/mol. The molecule has 1 fully saturated rings. The first-order valence-electron chi connectivity index (χ1n) is 6.74. The first-order chi connectivity index (χ1) is 9.51. The van der Waals surface area contributed by atoms with E-state index < -0.39 is 10.0 Å². The maximum atomic E-state index is 12.1. The lowest BCUT2D eigenvalue weighted by Gasteiger charge is -2.31. The van der Waals surface area contributed by atoms with E-state index in [1.54, 1.807) is 7.11 Å². The molecule has 1 saturated heterocycles. The summed E-state index contributed by atoms with van der Waals surface area (Å²) in [7, 11) is -0.297. The highest BCUT2D eigenvalue weighted by Gasteiger charge is 2.31. The topological polar surface area (TPSA) is 84.9 Å². The van der Waals surface area contributed by atoms with Crippen LogP contribution in [-0.2, 0) is 24.3 Å². The lowest BCUT2D eigenvalue weighted by molar-refractivity contribution is -0.126. The van der Waals surface area contributed by atoms with Crippen LogP contribution >= 0.6 is 0 Å². The van der Waals surface area contributed by atoms with Gasteiger partial charge in [-0.05, 0) is 12.8 Å². The minimum absolute atomic E-state index is 0.0402. The van der Waals surface area contributed by atoms with Crippen LogP contribution in [0, 0.1) is 5.92 Å². The van der Waals surface area contributed by atoms with Crippen LogP contribution in [0.15, 0.2) is 0 Å². The summed E-state index contributed by atoms with van der Waals surface area (Å²) in [6.07, 6.45) is 1.42. The van der Waals surface area contributed by atoms with Gasteiger partial charge in [0.05, 0.1) is 24.9 Å². The molecule has 1 N–H and O–H groups in total. The molecule has 1 heterocycles. The zero-order valence-corrected chi connectivity index (χ0v) is 12.9. The molecule has 1 atom stereocenters. The molecule has 118 valence electrons. The number of hydrogen-bond donors (Lipinski definition) is 1. The minimum Gasteiger partial charge on any atom is -0.384 e. The number of carbonyl (C=O) groups excluding carboxylic acids is 1. The Hall–Kier alpha value is -0.700. The first-order valence-corrected chi connectivity index (χ1v) is 8.35. The van der Waals surface area contributed by atoms with Gasteiger partial charge in [0.2, 0.25) is 15.9 Å². The van der Waals surface area contributed by atoms with Crippen molar-refractivity contribution in [1.82, 2.24) is 9.62 Å². The highest BCUT2D eigenvalue weighted by molar-refractivity contribution is 7.89. The molecule has 0 spiro atoms. The summed E-state index contributed by atoms with van der Waals surface area (Å²) in [5.41, 5.74) is 0. The number of methoxy groups -OCH3 is 2. The zero-order valence-electron chi connectivity index (χ0n) is 12.1. The standard InChI is InChI=1S/C12H24N2O5S/c1-18-7-5-13-12(15)11-4-3-6-14(10-11)20(16,17)9-8-19-2/h11H,3-10H2,1-2H3,(H,13,15). The van der Waals surface area contributed by atoms with Crippen molar-refractivity contribution in [2.75, 3.05) is 52.8 Å². The van der Waals surface area contributed by atoms with E-state index in [4.69, 9.17) is 9.47 Å². The Bertz CT molecular complexity index is 399. The summed E-state index contributed by atoms with van der Waals surface area (Å²) in [6.45, 7) is 1.80. The van der Waals surface area contributed by atoms with E-state index in [1.165, 1.54) is 11.4 Å². The van der Waals surface area contributed by atoms with Gasteiger partial charge in [-0.25, -0.2) is 12.7 Å². The number of piperidine rings is 1. The zero-order chi connectivity index (χ0) is 15.0. The van der Waals surface area contributed by atoms with Gasteiger partial charge in [0.1, 0.15) is 0 Å². The van der Waals surface area contributed by atoms with Gasteiger partial charge < -0.3 is 14.8 Å². The lowest BCUT2D eigenvalue weighted by Crippen LogP contribution is -2.46. The van der Waals surface area contributed by atoms with E-state index in [2.05, 4.69) is 5.32 Å². The maximum absolute atomic E-state index is 12.1. The first kappa shape index (κ1) is 17.4. The number of ether oxygens (including phenoxy) is 2. The Labute approximate surface area is 120 Å². The molecule has 7 nitrogen and oxygen atoms in total. The summed E-state index contributed by atoms with van der Waals surface area (Å²) < 4.78 is 35.2. The lowest BCUT2D eigenvalue weighted by atomic mass is 9.99. The van der Waals surface area contributed by atoms with E-state index in [9.17, 15) is 13.2 Å². The average molecular weight is 308 g/mol. The Morgan fingerprint density at radius 3 is 2.65 bits per heavy atom. The fourth-order valence-corrected chi connectivity index (χ4v) is 3.60. The molecule has 0 aromatic carbocycles. The highest BCUT2D eigenvalue weighted by atomic mass is 32.2. The summed E-state index contributed by atoms with van der Waals surface area (Å²) in [5, 5.41) is 2.76. The molecule has 1 amide bonds. The van der Waals surface area contributed by atoms with Gasteiger partial charge in [0, 0.05) is 33.9 Å². The van der Waals surface area contributed by atoms with Gasteiger partial charge in [-0.2, -0.15) is 0 Å². The van der Waals surface area contributed by atoms with E-state index in [0.717, 1.165) is 6.42 Å². The monoisotopic (exact) mass is 308 g/mol. The molecule has 0 radical (unpaired) electrons. The van der Waals surface area contributed by atoms with Crippen LogP contribution in [-0.4, -0.2) is 71.5 Å². The number of amides is 1. The molecule has 0 aliphatic carbocycles. The second kappa shape index (κ2) is 8.56. The molecule has 0 aromatic rings. The quantitative estimate of drug-likeness (QED) is 0.608. The number of carbonyl (C=O) groups is 1. The molecule has 0 bridgehead atoms. The molecule has 20 heavy (non-hydrogen) atoms. The number of nitrogens with zero attached hydrogens (tertiary/aromatic N) is 1.